The fourth-order valence-electron chi connectivity index (χ4n) is 13.1. The first kappa shape index (κ1) is 33.3. The Morgan fingerprint density at radius 1 is 0.421 bits per heavy atom. The lowest BCUT2D eigenvalue weighted by atomic mass is 9.31. The van der Waals surface area contributed by atoms with Gasteiger partial charge in [-0.15, -0.1) is 0 Å². The smallest absolute Gasteiger partial charge is 0.0465 e. The van der Waals surface area contributed by atoms with Crippen molar-refractivity contribution in [2.24, 2.45) is 23.2 Å². The van der Waals surface area contributed by atoms with Gasteiger partial charge in [-0.25, -0.2) is 0 Å². The molecule has 0 amide bonds. The zero-order chi connectivity index (χ0) is 37.9. The average molecular weight is 737 g/mol. The summed E-state index contributed by atoms with van der Waals surface area (Å²) in [5, 5.41) is 0. The van der Waals surface area contributed by atoms with Crippen molar-refractivity contribution in [3.05, 3.63) is 193 Å². The van der Waals surface area contributed by atoms with Crippen LogP contribution < -0.4 is 9.80 Å². The predicted molar refractivity (Wildman–Crippen MR) is 236 cm³/mol. The standard InChI is InChI=1S/C55H48N2/c1-53(2)51-32-47(56(43-14-8-4-9-15-43)45-22-18-39(19-23-45)38-12-6-3-7-13-38)26-28-49(51)50-29-27-48(33-52(50)53)57(44-16-10-5-11-17-44)46-24-20-40(21-25-46)54-34-37-30-41-31-42(36-54)55(41,54)35-37/h3-29,32-33,37,41-42H,30-31,34-36H2,1-2H3. The van der Waals surface area contributed by atoms with E-state index in [-0.39, 0.29) is 5.41 Å². The molecule has 5 atom stereocenters. The molecule has 0 aromatic heterocycles. The van der Waals surface area contributed by atoms with E-state index in [0.717, 1.165) is 29.1 Å². The topological polar surface area (TPSA) is 6.48 Å². The molecule has 0 aliphatic heterocycles. The Bertz CT molecular complexity index is 2650. The van der Waals surface area contributed by atoms with Crippen LogP contribution in [-0.2, 0) is 10.8 Å². The molecule has 1 spiro atoms. The van der Waals surface area contributed by atoms with Gasteiger partial charge in [0.25, 0.3) is 0 Å². The van der Waals surface area contributed by atoms with E-state index in [9.17, 15) is 0 Å². The summed E-state index contributed by atoms with van der Waals surface area (Å²) in [4.78, 5) is 4.86. The molecule has 2 bridgehead atoms. The maximum atomic E-state index is 2.51. The van der Waals surface area contributed by atoms with E-state index in [4.69, 9.17) is 0 Å². The van der Waals surface area contributed by atoms with Crippen molar-refractivity contribution in [2.75, 3.05) is 9.80 Å². The summed E-state index contributed by atoms with van der Waals surface area (Å²) in [5.41, 5.74) is 17.4. The summed E-state index contributed by atoms with van der Waals surface area (Å²) in [6.07, 6.45) is 7.36. The number of rotatable bonds is 8. The van der Waals surface area contributed by atoms with Crippen LogP contribution in [0.5, 0.6) is 0 Å². The van der Waals surface area contributed by atoms with Gasteiger partial charge in [-0.3, -0.25) is 0 Å². The number of nitrogens with zero attached hydrogens (tertiary/aromatic N) is 2. The zero-order valence-corrected chi connectivity index (χ0v) is 32.9. The van der Waals surface area contributed by atoms with E-state index in [1.54, 1.807) is 5.56 Å². The van der Waals surface area contributed by atoms with Crippen LogP contribution in [0, 0.1) is 23.2 Å². The van der Waals surface area contributed by atoms with E-state index in [1.807, 2.05) is 0 Å². The van der Waals surface area contributed by atoms with Crippen LogP contribution in [-0.4, -0.2) is 0 Å². The fraction of sp³-hybridized carbons (Fsp3) is 0.236. The number of hydrogen-bond donors (Lipinski definition) is 0. The summed E-state index contributed by atoms with van der Waals surface area (Å²) in [5.74, 6) is 2.96. The Kier molecular flexibility index (Phi) is 7.05. The molecule has 0 N–H and O–H groups in total. The second-order valence-electron chi connectivity index (χ2n) is 18.4. The van der Waals surface area contributed by atoms with Crippen molar-refractivity contribution in [1.82, 2.24) is 0 Å². The normalized spacial score (nSPS) is 25.1. The molecule has 2 nitrogen and oxygen atoms in total. The first-order valence-corrected chi connectivity index (χ1v) is 21.2. The Morgan fingerprint density at radius 2 is 0.895 bits per heavy atom. The first-order chi connectivity index (χ1) is 27.9. The van der Waals surface area contributed by atoms with E-state index in [2.05, 4.69) is 200 Å². The van der Waals surface area contributed by atoms with Crippen LogP contribution in [0.25, 0.3) is 22.3 Å². The van der Waals surface area contributed by atoms with Crippen LogP contribution in [0.1, 0.15) is 62.6 Å². The molecule has 5 aliphatic carbocycles. The van der Waals surface area contributed by atoms with Gasteiger partial charge in [0.15, 0.2) is 0 Å². The molecule has 12 rings (SSSR count). The van der Waals surface area contributed by atoms with Crippen LogP contribution >= 0.6 is 0 Å². The van der Waals surface area contributed by atoms with Crippen molar-refractivity contribution in [1.29, 1.82) is 0 Å². The molecule has 5 aliphatic rings. The molecule has 2 heteroatoms. The highest BCUT2D eigenvalue weighted by Gasteiger charge is 2.80. The Balaban J connectivity index is 0.903. The van der Waals surface area contributed by atoms with E-state index < -0.39 is 0 Å². The molecule has 7 aromatic rings. The van der Waals surface area contributed by atoms with Gasteiger partial charge < -0.3 is 9.80 Å². The summed E-state index contributed by atoms with van der Waals surface area (Å²) in [6.45, 7) is 4.81. The minimum absolute atomic E-state index is 0.192. The highest BCUT2D eigenvalue weighted by atomic mass is 15.1. The van der Waals surface area contributed by atoms with Crippen molar-refractivity contribution < 1.29 is 0 Å². The molecular weight excluding hydrogens is 689 g/mol. The SMILES string of the molecule is CC1(C)c2cc(N(c3ccccc3)c3ccc(-c4ccccc4)cc3)ccc2-c2ccc(N(c3ccccc3)c3ccc(C45CC6CC7CC(C4)C75C6)cc3)cc21. The molecule has 4 fully saturated rings. The number of benzene rings is 7. The lowest BCUT2D eigenvalue weighted by Gasteiger charge is -2.73. The number of anilines is 6. The second-order valence-corrected chi connectivity index (χ2v) is 18.4. The molecule has 4 saturated carbocycles. The van der Waals surface area contributed by atoms with E-state index in [0.29, 0.717) is 10.8 Å². The minimum Gasteiger partial charge on any atom is -0.310 e. The highest BCUT2D eigenvalue weighted by Crippen LogP contribution is 2.86. The van der Waals surface area contributed by atoms with E-state index in [1.165, 1.54) is 88.2 Å². The average Bonchev–Trinajstić information content (AvgIpc) is 3.84. The fourth-order valence-corrected chi connectivity index (χ4v) is 13.1. The third kappa shape index (κ3) is 4.65. The van der Waals surface area contributed by atoms with Crippen molar-refractivity contribution in [3.8, 4) is 22.3 Å². The van der Waals surface area contributed by atoms with Gasteiger partial charge in [-0.2, -0.15) is 0 Å². The Hall–Kier alpha value is -5.86. The van der Waals surface area contributed by atoms with Gasteiger partial charge in [0.05, 0.1) is 0 Å². The van der Waals surface area contributed by atoms with Gasteiger partial charge in [0.2, 0.25) is 0 Å². The molecule has 0 radical (unpaired) electrons. The molecule has 5 unspecified atom stereocenters. The van der Waals surface area contributed by atoms with Crippen LogP contribution in [0.4, 0.5) is 34.1 Å². The maximum Gasteiger partial charge on any atom is 0.0465 e. The highest BCUT2D eigenvalue weighted by molar-refractivity contribution is 5.88. The summed E-state index contributed by atoms with van der Waals surface area (Å²) >= 11 is 0. The zero-order valence-electron chi connectivity index (χ0n) is 32.9. The first-order valence-electron chi connectivity index (χ1n) is 21.2. The second kappa shape index (κ2) is 12.1. The van der Waals surface area contributed by atoms with Gasteiger partial charge in [-0.1, -0.05) is 117 Å². The Morgan fingerprint density at radius 3 is 1.42 bits per heavy atom. The maximum absolute atomic E-state index is 2.51. The quantitative estimate of drug-likeness (QED) is 0.153. The third-order valence-electron chi connectivity index (χ3n) is 15.5. The van der Waals surface area contributed by atoms with Crippen LogP contribution in [0.2, 0.25) is 0 Å². The lowest BCUT2D eigenvalue weighted by Crippen LogP contribution is -2.68. The molecule has 57 heavy (non-hydrogen) atoms. The molecule has 0 saturated heterocycles. The van der Waals surface area contributed by atoms with Crippen LogP contribution in [0.15, 0.2) is 176 Å². The third-order valence-corrected chi connectivity index (χ3v) is 15.5. The molecule has 0 heterocycles. The molecule has 278 valence electrons. The molecule has 7 aromatic carbocycles. The van der Waals surface area contributed by atoms with Crippen molar-refractivity contribution in [2.45, 2.75) is 56.8 Å². The van der Waals surface area contributed by atoms with Gasteiger partial charge in [0.1, 0.15) is 0 Å². The number of para-hydroxylation sites is 2. The summed E-state index contributed by atoms with van der Waals surface area (Å²) in [7, 11) is 0. The van der Waals surface area contributed by atoms with Crippen molar-refractivity contribution in [3.63, 3.8) is 0 Å². The number of fused-ring (bicyclic) bond motifs is 4. The van der Waals surface area contributed by atoms with Crippen molar-refractivity contribution >= 4 is 34.1 Å². The Labute approximate surface area is 337 Å². The minimum atomic E-state index is -0.192. The van der Waals surface area contributed by atoms with Gasteiger partial charge in [0, 0.05) is 45.0 Å². The van der Waals surface area contributed by atoms with Crippen LogP contribution in [0.3, 0.4) is 0 Å². The monoisotopic (exact) mass is 736 g/mol. The molecular formula is C55H48N2. The number of hydrogen-bond acceptors (Lipinski definition) is 2. The predicted octanol–water partition coefficient (Wildman–Crippen LogP) is 14.7. The van der Waals surface area contributed by atoms with Gasteiger partial charge in [-0.05, 0) is 167 Å². The lowest BCUT2D eigenvalue weighted by molar-refractivity contribution is -0.198. The van der Waals surface area contributed by atoms with E-state index >= 15 is 0 Å². The summed E-state index contributed by atoms with van der Waals surface area (Å²) in [6, 6.07) is 65.5. The van der Waals surface area contributed by atoms with Gasteiger partial charge >= 0.3 is 0 Å². The summed E-state index contributed by atoms with van der Waals surface area (Å²) < 4.78 is 0. The largest absolute Gasteiger partial charge is 0.310 e.